The van der Waals surface area contributed by atoms with Gasteiger partial charge in [-0.2, -0.15) is 0 Å². The summed E-state index contributed by atoms with van der Waals surface area (Å²) in [6.07, 6.45) is 1.63. The van der Waals surface area contributed by atoms with Crippen LogP contribution in [0.25, 0.3) is 0 Å². The maximum Gasteiger partial charge on any atom is 0.322 e. The zero-order valence-electron chi connectivity index (χ0n) is 18.2. The van der Waals surface area contributed by atoms with Crippen LogP contribution in [-0.4, -0.2) is 68.5 Å². The normalized spacial score (nSPS) is 10.9. The van der Waals surface area contributed by atoms with Crippen LogP contribution in [0.3, 0.4) is 0 Å². The van der Waals surface area contributed by atoms with E-state index in [2.05, 4.69) is 15.6 Å². The molecule has 1 aromatic carbocycles. The van der Waals surface area contributed by atoms with E-state index in [4.69, 9.17) is 9.84 Å². The van der Waals surface area contributed by atoms with E-state index in [1.54, 1.807) is 0 Å². The number of carbonyl (C=O) groups excluding carboxylic acids is 3. The molecule has 12 nitrogen and oxygen atoms in total. The molecule has 0 unspecified atom stereocenters. The Hall–Kier alpha value is -3.84. The molecule has 0 fully saturated rings. The lowest BCUT2D eigenvalue weighted by atomic mass is 10.2. The van der Waals surface area contributed by atoms with Gasteiger partial charge in [-0.1, -0.05) is 0 Å². The molecule has 0 radical (unpaired) electrons. The summed E-state index contributed by atoms with van der Waals surface area (Å²) in [6.45, 7) is 2.78. The van der Waals surface area contributed by atoms with E-state index in [0.29, 0.717) is 26.2 Å². The summed E-state index contributed by atoms with van der Waals surface area (Å²) in [6, 6.07) is 7.36. The van der Waals surface area contributed by atoms with E-state index >= 15 is 0 Å². The van der Waals surface area contributed by atoms with E-state index in [1.165, 1.54) is 30.3 Å². The fourth-order valence-corrected chi connectivity index (χ4v) is 3.53. The molecule has 3 amide bonds. The Labute approximate surface area is 195 Å². The van der Waals surface area contributed by atoms with Gasteiger partial charge in [-0.05, 0) is 49.7 Å². The summed E-state index contributed by atoms with van der Waals surface area (Å²) >= 11 is 0. The monoisotopic (exact) mass is 492 g/mol. The molecule has 0 spiro atoms. The van der Waals surface area contributed by atoms with Gasteiger partial charge in [0.05, 0.1) is 10.5 Å². The molecule has 13 heteroatoms. The number of pyridine rings is 1. The minimum Gasteiger partial charge on any atom is -0.480 e. The number of carbonyl (C=O) groups is 4. The van der Waals surface area contributed by atoms with Gasteiger partial charge in [-0.15, -0.1) is 0 Å². The second-order valence-corrected chi connectivity index (χ2v) is 8.46. The van der Waals surface area contributed by atoms with Crippen molar-refractivity contribution in [1.82, 2.24) is 20.3 Å². The fourth-order valence-electron chi connectivity index (χ4n) is 2.56. The zero-order valence-corrected chi connectivity index (χ0v) is 19.1. The van der Waals surface area contributed by atoms with E-state index in [-0.39, 0.29) is 27.6 Å². The largest absolute Gasteiger partial charge is 0.480 e. The third kappa shape index (κ3) is 7.94. The van der Waals surface area contributed by atoms with E-state index < -0.39 is 34.4 Å². The van der Waals surface area contributed by atoms with Crippen LogP contribution in [0.1, 0.15) is 44.5 Å². The standard InChI is InChI=1S/C21H24N4O8S/c1-2-33-11-3-10-22-19(28)14-4-7-16(8-5-14)34(31,32)25-20(29)15-6-9-17(23-12-15)21(30)24-13-18(26)27/h4-9,12H,2-3,10-11,13H2,1H3,(H,22,28)(H,24,30)(H,25,29)(H,26,27). The van der Waals surface area contributed by atoms with Gasteiger partial charge in [-0.3, -0.25) is 24.2 Å². The number of aromatic nitrogens is 1. The zero-order chi connectivity index (χ0) is 25.1. The first kappa shape index (κ1) is 26.4. The number of nitrogens with one attached hydrogen (secondary N) is 3. The summed E-state index contributed by atoms with van der Waals surface area (Å²) in [5, 5.41) is 13.4. The summed E-state index contributed by atoms with van der Waals surface area (Å²) in [7, 11) is -4.24. The highest BCUT2D eigenvalue weighted by atomic mass is 32.2. The molecule has 0 atom stereocenters. The van der Waals surface area contributed by atoms with Gasteiger partial charge in [0.1, 0.15) is 12.2 Å². The second-order valence-electron chi connectivity index (χ2n) is 6.77. The van der Waals surface area contributed by atoms with Crippen molar-refractivity contribution in [3.63, 3.8) is 0 Å². The number of carboxylic acid groups (broad SMARTS) is 1. The first-order valence-corrected chi connectivity index (χ1v) is 11.6. The third-order valence-electron chi connectivity index (χ3n) is 4.27. The molecule has 0 aliphatic rings. The molecule has 1 aromatic heterocycles. The maximum atomic E-state index is 12.5. The molecule has 2 rings (SSSR count). The molecule has 2 aromatic rings. The van der Waals surface area contributed by atoms with Crippen LogP contribution in [0.5, 0.6) is 0 Å². The number of amides is 3. The van der Waals surface area contributed by atoms with Gasteiger partial charge >= 0.3 is 5.97 Å². The Balaban J connectivity index is 1.97. The van der Waals surface area contributed by atoms with Crippen molar-refractivity contribution in [3.05, 3.63) is 59.4 Å². The molecule has 182 valence electrons. The van der Waals surface area contributed by atoms with Crippen molar-refractivity contribution in [3.8, 4) is 0 Å². The van der Waals surface area contributed by atoms with E-state index in [0.717, 1.165) is 12.3 Å². The second kappa shape index (κ2) is 12.4. The SMILES string of the molecule is CCOCCCNC(=O)c1ccc(S(=O)(=O)NC(=O)c2ccc(C(=O)NCC(=O)O)nc2)cc1. The average molecular weight is 493 g/mol. The minimum atomic E-state index is -4.24. The van der Waals surface area contributed by atoms with Crippen LogP contribution in [0.2, 0.25) is 0 Å². The van der Waals surface area contributed by atoms with Crippen molar-refractivity contribution >= 4 is 33.7 Å². The highest BCUT2D eigenvalue weighted by molar-refractivity contribution is 7.90. The van der Waals surface area contributed by atoms with Crippen molar-refractivity contribution in [2.45, 2.75) is 18.2 Å². The predicted molar refractivity (Wildman–Crippen MR) is 119 cm³/mol. The smallest absolute Gasteiger partial charge is 0.322 e. The van der Waals surface area contributed by atoms with Crippen LogP contribution in [0.15, 0.2) is 47.5 Å². The summed E-state index contributed by atoms with van der Waals surface area (Å²) in [5.74, 6) is -3.36. The van der Waals surface area contributed by atoms with Crippen molar-refractivity contribution in [2.75, 3.05) is 26.3 Å². The molecule has 0 saturated carbocycles. The Morgan fingerprint density at radius 1 is 0.941 bits per heavy atom. The first-order valence-electron chi connectivity index (χ1n) is 10.1. The minimum absolute atomic E-state index is 0.138. The lowest BCUT2D eigenvalue weighted by molar-refractivity contribution is -0.135. The molecule has 1 heterocycles. The van der Waals surface area contributed by atoms with Gasteiger partial charge in [0.2, 0.25) is 0 Å². The molecular formula is C21H24N4O8S. The Morgan fingerprint density at radius 3 is 2.21 bits per heavy atom. The number of nitrogens with zero attached hydrogens (tertiary/aromatic N) is 1. The van der Waals surface area contributed by atoms with Crippen LogP contribution in [-0.2, 0) is 19.6 Å². The predicted octanol–water partition coefficient (Wildman–Crippen LogP) is 0.171. The molecule has 0 aliphatic heterocycles. The number of aliphatic carboxylic acids is 1. The molecule has 0 saturated heterocycles. The molecule has 34 heavy (non-hydrogen) atoms. The van der Waals surface area contributed by atoms with Crippen molar-refractivity contribution in [2.24, 2.45) is 0 Å². The molecule has 4 N–H and O–H groups in total. The molecule has 0 bridgehead atoms. The van der Waals surface area contributed by atoms with Crippen molar-refractivity contribution < 1.29 is 37.4 Å². The number of hydrogen-bond acceptors (Lipinski definition) is 8. The number of sulfonamides is 1. The summed E-state index contributed by atoms with van der Waals surface area (Å²) in [5.41, 5.74) is -0.0310. The van der Waals surface area contributed by atoms with E-state index in [9.17, 15) is 27.6 Å². The number of rotatable bonds is 12. The third-order valence-corrected chi connectivity index (χ3v) is 5.61. The van der Waals surface area contributed by atoms with Crippen molar-refractivity contribution in [1.29, 1.82) is 0 Å². The van der Waals surface area contributed by atoms with Crippen LogP contribution >= 0.6 is 0 Å². The highest BCUT2D eigenvalue weighted by Crippen LogP contribution is 2.12. The molecule has 0 aliphatic carbocycles. The number of hydrogen-bond donors (Lipinski definition) is 4. The van der Waals surface area contributed by atoms with Crippen LogP contribution in [0, 0.1) is 0 Å². The number of benzene rings is 1. The van der Waals surface area contributed by atoms with Gasteiger partial charge in [0.15, 0.2) is 0 Å². The Kier molecular flexibility index (Phi) is 9.64. The van der Waals surface area contributed by atoms with Crippen LogP contribution in [0.4, 0.5) is 0 Å². The van der Waals surface area contributed by atoms with Gasteiger partial charge in [-0.25, -0.2) is 13.1 Å². The lowest BCUT2D eigenvalue weighted by Gasteiger charge is -2.09. The quantitative estimate of drug-likeness (QED) is 0.300. The van der Waals surface area contributed by atoms with E-state index in [1.807, 2.05) is 11.6 Å². The highest BCUT2D eigenvalue weighted by Gasteiger charge is 2.20. The number of carboxylic acids is 1. The first-order chi connectivity index (χ1) is 16.1. The number of ether oxygens (including phenoxy) is 1. The Morgan fingerprint density at radius 2 is 1.62 bits per heavy atom. The lowest BCUT2D eigenvalue weighted by Crippen LogP contribution is -2.31. The fraction of sp³-hybridized carbons (Fsp3) is 0.286. The van der Waals surface area contributed by atoms with Crippen LogP contribution < -0.4 is 15.4 Å². The Bertz CT molecular complexity index is 1130. The van der Waals surface area contributed by atoms with Gasteiger partial charge in [0, 0.05) is 31.5 Å². The molecular weight excluding hydrogens is 468 g/mol. The van der Waals surface area contributed by atoms with Gasteiger partial charge in [0.25, 0.3) is 27.7 Å². The summed E-state index contributed by atoms with van der Waals surface area (Å²) < 4.78 is 32.1. The maximum absolute atomic E-state index is 12.5. The summed E-state index contributed by atoms with van der Waals surface area (Å²) in [4.78, 5) is 50.2. The average Bonchev–Trinajstić information content (AvgIpc) is 2.82. The topological polar surface area (TPSA) is 181 Å². The van der Waals surface area contributed by atoms with Gasteiger partial charge < -0.3 is 20.5 Å².